The first-order chi connectivity index (χ1) is 16.5. The molecule has 170 valence electrons. The lowest BCUT2D eigenvalue weighted by molar-refractivity contribution is -0.140. The van der Waals surface area contributed by atoms with Gasteiger partial charge in [0.25, 0.3) is 0 Å². The number of esters is 2. The van der Waals surface area contributed by atoms with Crippen LogP contribution in [-0.2, 0) is 19.1 Å². The van der Waals surface area contributed by atoms with Crippen molar-refractivity contribution in [2.75, 3.05) is 6.61 Å². The average molecular weight is 454 g/mol. The van der Waals surface area contributed by atoms with E-state index in [9.17, 15) is 14.4 Å². The molecule has 6 heteroatoms. The molecule has 34 heavy (non-hydrogen) atoms. The number of rotatable bonds is 10. The fourth-order valence-electron chi connectivity index (χ4n) is 2.98. The molecule has 3 aromatic carbocycles. The van der Waals surface area contributed by atoms with Crippen LogP contribution >= 0.6 is 0 Å². The van der Waals surface area contributed by atoms with Crippen molar-refractivity contribution in [2.24, 2.45) is 0 Å². The molecule has 3 rings (SSSR count). The van der Waals surface area contributed by atoms with Crippen LogP contribution in [0.5, 0.6) is 11.5 Å². The number of ether oxygens (including phenoxy) is 3. The van der Waals surface area contributed by atoms with E-state index in [1.807, 2.05) is 48.5 Å². The third-order valence-corrected chi connectivity index (χ3v) is 4.68. The Kier molecular flexibility index (Phi) is 8.30. The van der Waals surface area contributed by atoms with Crippen LogP contribution in [0.25, 0.3) is 22.3 Å². The van der Waals surface area contributed by atoms with Crippen molar-refractivity contribution in [1.29, 1.82) is 0 Å². The van der Waals surface area contributed by atoms with Crippen molar-refractivity contribution in [1.82, 2.24) is 0 Å². The zero-order chi connectivity index (χ0) is 24.3. The molecule has 0 aliphatic rings. The minimum absolute atomic E-state index is 0.0848. The van der Waals surface area contributed by atoms with Gasteiger partial charge in [0, 0.05) is 0 Å². The van der Waals surface area contributed by atoms with E-state index in [4.69, 9.17) is 9.47 Å². The van der Waals surface area contributed by atoms with Gasteiger partial charge in [-0.15, -0.1) is 0 Å². The lowest BCUT2D eigenvalue weighted by Gasteiger charge is -2.08. The second-order valence-corrected chi connectivity index (χ2v) is 6.98. The number of aldehydes is 1. The standard InChI is InChI=1S/C28H22O6/c1-3-32-27(30)19-33-25-14-10-23(11-15-25)21-6-8-22(9-7-21)24-12-16-26(17-13-24)34-28(31)20(2)5-4-18-29/h3-18H,1-2,19H2/b5-4-. The highest BCUT2D eigenvalue weighted by Gasteiger charge is 2.08. The largest absolute Gasteiger partial charge is 0.482 e. The summed E-state index contributed by atoms with van der Waals surface area (Å²) in [5.41, 5.74) is 4.07. The predicted octanol–water partition coefficient (Wildman–Crippen LogP) is 5.30. The summed E-state index contributed by atoms with van der Waals surface area (Å²) in [5, 5.41) is 0. The smallest absolute Gasteiger partial charge is 0.348 e. The Morgan fingerprint density at radius 1 is 0.765 bits per heavy atom. The summed E-state index contributed by atoms with van der Waals surface area (Å²) >= 11 is 0. The van der Waals surface area contributed by atoms with Gasteiger partial charge in [-0.05, 0) is 58.7 Å². The molecule has 0 spiro atoms. The molecule has 0 N–H and O–H groups in total. The third-order valence-electron chi connectivity index (χ3n) is 4.68. The number of allylic oxidation sites excluding steroid dienone is 1. The van der Waals surface area contributed by atoms with E-state index in [1.54, 1.807) is 24.3 Å². The van der Waals surface area contributed by atoms with Crippen molar-refractivity contribution < 1.29 is 28.6 Å². The molecule has 3 aromatic rings. The molecule has 0 saturated carbocycles. The molecule has 0 unspecified atom stereocenters. The van der Waals surface area contributed by atoms with E-state index in [1.165, 1.54) is 12.2 Å². The molecular weight excluding hydrogens is 432 g/mol. The fourth-order valence-corrected chi connectivity index (χ4v) is 2.98. The summed E-state index contributed by atoms with van der Waals surface area (Å²) in [6.45, 7) is 6.70. The van der Waals surface area contributed by atoms with E-state index in [0.717, 1.165) is 28.5 Å². The van der Waals surface area contributed by atoms with Crippen molar-refractivity contribution >= 4 is 18.2 Å². The van der Waals surface area contributed by atoms with Crippen LogP contribution in [0.2, 0.25) is 0 Å². The van der Waals surface area contributed by atoms with Gasteiger partial charge in [-0.3, -0.25) is 4.79 Å². The summed E-state index contributed by atoms with van der Waals surface area (Å²) in [7, 11) is 0. The van der Waals surface area contributed by atoms with E-state index >= 15 is 0 Å². The van der Waals surface area contributed by atoms with Crippen LogP contribution in [0, 0.1) is 0 Å². The van der Waals surface area contributed by atoms with Crippen LogP contribution < -0.4 is 9.47 Å². The molecule has 0 heterocycles. The highest BCUT2D eigenvalue weighted by molar-refractivity contribution is 5.93. The number of carbonyl (C=O) groups excluding carboxylic acids is 3. The second kappa shape index (κ2) is 11.8. The zero-order valence-electron chi connectivity index (χ0n) is 18.3. The molecule has 0 aliphatic carbocycles. The quantitative estimate of drug-likeness (QED) is 0.103. The van der Waals surface area contributed by atoms with Crippen LogP contribution in [0.4, 0.5) is 0 Å². The minimum Gasteiger partial charge on any atom is -0.482 e. The molecule has 0 atom stereocenters. The summed E-state index contributed by atoms with van der Waals surface area (Å²) < 4.78 is 15.2. The third kappa shape index (κ3) is 6.64. The summed E-state index contributed by atoms with van der Waals surface area (Å²) in [4.78, 5) is 33.6. The molecular formula is C28H22O6. The van der Waals surface area contributed by atoms with Crippen molar-refractivity contribution in [3.8, 4) is 33.8 Å². The van der Waals surface area contributed by atoms with Gasteiger partial charge < -0.3 is 14.2 Å². The normalized spacial score (nSPS) is 10.4. The number of benzene rings is 3. The van der Waals surface area contributed by atoms with Gasteiger partial charge in [0.1, 0.15) is 17.8 Å². The SMILES string of the molecule is C=COC(=O)COc1ccc(-c2ccc(-c3ccc(OC(=O)C(=C)/C=C\C=O)cc3)cc2)cc1. The topological polar surface area (TPSA) is 78.9 Å². The number of hydrogen-bond donors (Lipinski definition) is 0. The van der Waals surface area contributed by atoms with Crippen LogP contribution in [0.1, 0.15) is 0 Å². The lowest BCUT2D eigenvalue weighted by Crippen LogP contribution is -2.11. The summed E-state index contributed by atoms with van der Waals surface area (Å²) in [5.74, 6) is -0.196. The lowest BCUT2D eigenvalue weighted by atomic mass is 10.0. The van der Waals surface area contributed by atoms with Gasteiger partial charge >= 0.3 is 11.9 Å². The first-order valence-corrected chi connectivity index (χ1v) is 10.3. The molecule has 0 aliphatic heterocycles. The number of hydrogen-bond acceptors (Lipinski definition) is 6. The van der Waals surface area contributed by atoms with E-state index < -0.39 is 11.9 Å². The van der Waals surface area contributed by atoms with Crippen LogP contribution in [-0.4, -0.2) is 24.8 Å². The Bertz CT molecular complexity index is 1200. The van der Waals surface area contributed by atoms with Gasteiger partial charge in [0.05, 0.1) is 11.8 Å². The van der Waals surface area contributed by atoms with Crippen molar-refractivity contribution in [3.05, 3.63) is 110 Å². The van der Waals surface area contributed by atoms with Gasteiger partial charge in [-0.1, -0.05) is 61.7 Å². The molecule has 0 radical (unpaired) electrons. The molecule has 0 fully saturated rings. The Morgan fingerprint density at radius 2 is 1.24 bits per heavy atom. The molecule has 6 nitrogen and oxygen atoms in total. The summed E-state index contributed by atoms with van der Waals surface area (Å²) in [6.07, 6.45) is 4.11. The number of carbonyl (C=O) groups is 3. The van der Waals surface area contributed by atoms with Gasteiger partial charge in [-0.25, -0.2) is 9.59 Å². The first-order valence-electron chi connectivity index (χ1n) is 10.3. The summed E-state index contributed by atoms with van der Waals surface area (Å²) in [6, 6.07) is 22.5. The van der Waals surface area contributed by atoms with Gasteiger partial charge in [0.15, 0.2) is 6.61 Å². The maximum atomic E-state index is 11.9. The van der Waals surface area contributed by atoms with Crippen LogP contribution in [0.15, 0.2) is 110 Å². The molecule has 0 bridgehead atoms. The highest BCUT2D eigenvalue weighted by Crippen LogP contribution is 2.27. The minimum atomic E-state index is -0.622. The van der Waals surface area contributed by atoms with E-state index in [2.05, 4.69) is 17.9 Å². The Morgan fingerprint density at radius 3 is 1.71 bits per heavy atom. The van der Waals surface area contributed by atoms with E-state index in [0.29, 0.717) is 17.8 Å². The highest BCUT2D eigenvalue weighted by atomic mass is 16.6. The monoisotopic (exact) mass is 454 g/mol. The maximum absolute atomic E-state index is 11.9. The second-order valence-electron chi connectivity index (χ2n) is 6.98. The first kappa shape index (κ1) is 23.9. The Hall–Kier alpha value is -4.71. The molecule has 0 amide bonds. The fraction of sp³-hybridized carbons (Fsp3) is 0.0357. The maximum Gasteiger partial charge on any atom is 0.348 e. The average Bonchev–Trinajstić information content (AvgIpc) is 2.87. The van der Waals surface area contributed by atoms with E-state index in [-0.39, 0.29) is 12.2 Å². The van der Waals surface area contributed by atoms with Crippen molar-refractivity contribution in [2.45, 2.75) is 0 Å². The zero-order valence-corrected chi connectivity index (χ0v) is 18.3. The van der Waals surface area contributed by atoms with Crippen LogP contribution in [0.3, 0.4) is 0 Å². The van der Waals surface area contributed by atoms with Gasteiger partial charge in [-0.2, -0.15) is 0 Å². The van der Waals surface area contributed by atoms with Gasteiger partial charge in [0.2, 0.25) is 0 Å². The molecule has 0 aromatic heterocycles. The predicted molar refractivity (Wildman–Crippen MR) is 129 cm³/mol. The Labute approximate surface area is 197 Å². The Balaban J connectivity index is 1.62. The van der Waals surface area contributed by atoms with Crippen molar-refractivity contribution in [3.63, 3.8) is 0 Å². The molecule has 0 saturated heterocycles.